The number of ether oxygens (including phenoxy) is 2. The van der Waals surface area contributed by atoms with Gasteiger partial charge in [-0.1, -0.05) is 30.5 Å². The summed E-state index contributed by atoms with van der Waals surface area (Å²) in [5.41, 5.74) is 12.7. The van der Waals surface area contributed by atoms with Crippen molar-refractivity contribution in [3.63, 3.8) is 0 Å². The molecule has 2 aliphatic rings. The van der Waals surface area contributed by atoms with E-state index in [-0.39, 0.29) is 47.2 Å². The molecule has 0 spiro atoms. The van der Waals surface area contributed by atoms with Gasteiger partial charge in [0.1, 0.15) is 73.7 Å². The number of aromatic nitrogens is 8. The number of anilines is 2. The lowest BCUT2D eigenvalue weighted by atomic mass is 10.1. The monoisotopic (exact) mass is 778 g/mol. The van der Waals surface area contributed by atoms with Gasteiger partial charge in [0.25, 0.3) is 0 Å². The van der Waals surface area contributed by atoms with Crippen molar-refractivity contribution in [3.05, 3.63) is 25.3 Å². The number of aliphatic hydroxyl groups excluding tert-OH is 4. The Balaban J connectivity index is 0.940. The van der Waals surface area contributed by atoms with E-state index in [2.05, 4.69) is 29.9 Å². The number of nitrogens with two attached hydrogens (primary N) is 2. The molecule has 6 rings (SSSR count). The third-order valence-corrected chi connectivity index (χ3v) is 11.0. The topological polar surface area (TPSA) is 322 Å². The van der Waals surface area contributed by atoms with Crippen molar-refractivity contribution in [2.45, 2.75) is 56.0 Å². The summed E-state index contributed by atoms with van der Waals surface area (Å²) in [5.74, 6) is -0.336. The Kier molecular flexibility index (Phi) is 11.1. The molecule has 22 nitrogen and oxygen atoms in total. The summed E-state index contributed by atoms with van der Waals surface area (Å²) in [4.78, 5) is 49.7. The van der Waals surface area contributed by atoms with E-state index in [9.17, 15) is 30.2 Å². The van der Waals surface area contributed by atoms with Crippen molar-refractivity contribution < 1.29 is 57.8 Å². The highest BCUT2D eigenvalue weighted by atomic mass is 32.5. The highest BCUT2D eigenvalue weighted by molar-refractivity contribution is 8.06. The van der Waals surface area contributed by atoms with Crippen molar-refractivity contribution >= 4 is 71.0 Å². The molecule has 50 heavy (non-hydrogen) atoms. The number of rotatable bonds is 14. The van der Waals surface area contributed by atoms with E-state index in [0.717, 1.165) is 0 Å². The van der Waals surface area contributed by atoms with Gasteiger partial charge in [0, 0.05) is 5.92 Å². The molecule has 0 amide bonds. The first-order chi connectivity index (χ1) is 23.7. The fourth-order valence-electron chi connectivity index (χ4n) is 5.20. The van der Waals surface area contributed by atoms with Gasteiger partial charge in [-0.3, -0.25) is 9.13 Å². The third kappa shape index (κ3) is 7.80. The Morgan fingerprint density at radius 3 is 1.52 bits per heavy atom. The summed E-state index contributed by atoms with van der Waals surface area (Å²) in [6.45, 7) is -8.22. The molecule has 10 unspecified atom stereocenters. The van der Waals surface area contributed by atoms with Crippen LogP contribution in [0.4, 0.5) is 11.6 Å². The number of imidazole rings is 2. The first-order valence-corrected chi connectivity index (χ1v) is 19.9. The maximum Gasteiger partial charge on any atom is 0.167 e. The van der Waals surface area contributed by atoms with Crippen LogP contribution in [0.5, 0.6) is 0 Å². The molecular weight excluding hydrogens is 746 g/mol. The zero-order chi connectivity index (χ0) is 36.0. The van der Waals surface area contributed by atoms with Crippen molar-refractivity contribution in [1.82, 2.24) is 39.0 Å². The second-order valence-corrected chi connectivity index (χ2v) is 16.9. The molecule has 4 aromatic rings. The predicted molar refractivity (Wildman–Crippen MR) is 173 cm³/mol. The first kappa shape index (κ1) is 37.3. The highest BCUT2D eigenvalue weighted by Gasteiger charge is 2.46. The number of aliphatic hydroxyl groups is 4. The molecule has 10 atom stereocenters. The van der Waals surface area contributed by atoms with Gasteiger partial charge in [0.15, 0.2) is 35.4 Å². The van der Waals surface area contributed by atoms with E-state index in [1.807, 2.05) is 0 Å². The van der Waals surface area contributed by atoms with Crippen LogP contribution in [0.1, 0.15) is 19.4 Å². The Morgan fingerprint density at radius 2 is 1.12 bits per heavy atom. The fourth-order valence-corrected chi connectivity index (χ4v) is 7.61. The molecular formula is C24H32N10O12P2S2-2. The molecule has 274 valence electrons. The zero-order valence-corrected chi connectivity index (χ0v) is 29.3. The normalized spacial score (nSPS) is 30.1. The molecule has 4 aromatic heterocycles. The van der Waals surface area contributed by atoms with E-state index in [1.165, 1.54) is 34.4 Å². The summed E-state index contributed by atoms with van der Waals surface area (Å²) in [7, 11) is 0. The molecule has 26 heteroatoms. The van der Waals surface area contributed by atoms with Crippen molar-refractivity contribution in [3.8, 4) is 0 Å². The van der Waals surface area contributed by atoms with E-state index < -0.39 is 81.6 Å². The minimum atomic E-state index is -4.14. The molecule has 0 radical (unpaired) electrons. The minimum Gasteiger partial charge on any atom is -0.780 e. The summed E-state index contributed by atoms with van der Waals surface area (Å²) in [5, 5.41) is 42.3. The minimum absolute atomic E-state index is 0.116. The van der Waals surface area contributed by atoms with Gasteiger partial charge in [-0.05, 0) is 0 Å². The number of hydrogen-bond acceptors (Lipinski definition) is 22. The lowest BCUT2D eigenvalue weighted by Gasteiger charge is -2.32. The lowest BCUT2D eigenvalue weighted by Crippen LogP contribution is -2.34. The van der Waals surface area contributed by atoms with Crippen LogP contribution in [0.15, 0.2) is 25.3 Å². The van der Waals surface area contributed by atoms with Gasteiger partial charge in [-0.2, -0.15) is 0 Å². The standard InChI is InChI=1S/C24H34N10O12P2S2/c1-10(2-41-47(39,49)43-4-11-15(35)17(37)23(45-11)33-8-31-13-19(25)27-6-29-21(13)33)3-42-48(40,50)44-5-12-16(36)18(38)24(46-12)34-9-32-14-20(26)28-7-30-22(14)34/h6-12,15-18,23-24,35-38H,2-5H2,1H3,(H,39,49)(H,40,50)(H2,25,27,29)(H2,26,28,30)/p-2. The average molecular weight is 779 g/mol. The zero-order valence-electron chi connectivity index (χ0n) is 25.8. The van der Waals surface area contributed by atoms with Crippen LogP contribution >= 0.6 is 13.4 Å². The Morgan fingerprint density at radius 1 is 0.720 bits per heavy atom. The molecule has 8 N–H and O–H groups in total. The number of nitrogens with zero attached hydrogens (tertiary/aromatic N) is 8. The Hall–Kier alpha value is -2.48. The molecule has 6 heterocycles. The Labute approximate surface area is 292 Å². The largest absolute Gasteiger partial charge is 0.780 e. The van der Waals surface area contributed by atoms with Crippen LogP contribution in [-0.2, 0) is 51.2 Å². The van der Waals surface area contributed by atoms with Crippen molar-refractivity contribution in [2.24, 2.45) is 5.92 Å². The molecule has 0 saturated carbocycles. The van der Waals surface area contributed by atoms with E-state index in [0.29, 0.717) is 0 Å². The third-order valence-electron chi connectivity index (χ3n) is 7.83. The molecule has 2 aliphatic heterocycles. The van der Waals surface area contributed by atoms with Gasteiger partial charge in [-0.25, -0.2) is 29.9 Å². The van der Waals surface area contributed by atoms with Crippen molar-refractivity contribution in [1.29, 1.82) is 0 Å². The fraction of sp³-hybridized carbons (Fsp3) is 0.583. The highest BCUT2D eigenvalue weighted by Crippen LogP contribution is 2.44. The van der Waals surface area contributed by atoms with Gasteiger partial charge in [-0.15, -0.1) is 0 Å². The summed E-state index contributed by atoms with van der Waals surface area (Å²) < 4.78 is 35.2. The van der Waals surface area contributed by atoms with Crippen LogP contribution in [0.3, 0.4) is 0 Å². The van der Waals surface area contributed by atoms with Crippen molar-refractivity contribution in [2.75, 3.05) is 37.9 Å². The first-order valence-electron chi connectivity index (χ1n) is 14.7. The quantitative estimate of drug-likeness (QED) is 0.0692. The summed E-state index contributed by atoms with van der Waals surface area (Å²) in [6, 6.07) is 0. The molecule has 0 aromatic carbocycles. The number of fused-ring (bicyclic) bond motifs is 2. The SMILES string of the molecule is CC(COP([O-])(=S)OCC1OC(n2cnc3c(N)ncnc32)C(O)C1O)COP([O-])(=S)OCC1OC(n2cnc3c(N)ncnc32)C(O)C1O. The van der Waals surface area contributed by atoms with E-state index >= 15 is 0 Å². The van der Waals surface area contributed by atoms with Gasteiger partial charge >= 0.3 is 0 Å². The van der Waals surface area contributed by atoms with Crippen LogP contribution < -0.4 is 21.3 Å². The molecule has 2 fully saturated rings. The van der Waals surface area contributed by atoms with Crippen LogP contribution in [0, 0.1) is 5.92 Å². The second-order valence-electron chi connectivity index (χ2n) is 11.4. The number of nitrogen functional groups attached to an aromatic ring is 2. The predicted octanol–water partition coefficient (Wildman–Crippen LogP) is -3.06. The lowest BCUT2D eigenvalue weighted by molar-refractivity contribution is -0.213. The molecule has 0 aliphatic carbocycles. The maximum atomic E-state index is 12.8. The van der Waals surface area contributed by atoms with Crippen LogP contribution in [-0.4, -0.2) is 123 Å². The van der Waals surface area contributed by atoms with Gasteiger partial charge in [0.05, 0.1) is 39.1 Å². The summed E-state index contributed by atoms with van der Waals surface area (Å²) >= 11 is 9.90. The smallest absolute Gasteiger partial charge is 0.167 e. The summed E-state index contributed by atoms with van der Waals surface area (Å²) in [6.07, 6.45) is -5.27. The van der Waals surface area contributed by atoms with Crippen LogP contribution in [0.25, 0.3) is 22.3 Å². The van der Waals surface area contributed by atoms with Crippen LogP contribution in [0.2, 0.25) is 0 Å². The molecule has 0 bridgehead atoms. The number of hydrogen-bond donors (Lipinski definition) is 6. The van der Waals surface area contributed by atoms with E-state index in [1.54, 1.807) is 6.92 Å². The Bertz CT molecular complexity index is 1790. The maximum absolute atomic E-state index is 12.8. The second kappa shape index (κ2) is 14.9. The van der Waals surface area contributed by atoms with E-state index in [4.69, 9.17) is 62.6 Å². The average Bonchev–Trinajstić information content (AvgIpc) is 3.84. The van der Waals surface area contributed by atoms with Gasteiger partial charge in [0.2, 0.25) is 0 Å². The van der Waals surface area contributed by atoms with Gasteiger partial charge < -0.3 is 69.2 Å². The molecule has 2 saturated heterocycles.